The second-order valence-electron chi connectivity index (χ2n) is 9.65. The molecule has 0 spiro atoms. The number of rotatable bonds is 10. The fourth-order valence-corrected chi connectivity index (χ4v) is 4.05. The summed E-state index contributed by atoms with van der Waals surface area (Å²) in [5.41, 5.74) is 1.80. The Morgan fingerprint density at radius 3 is 2.35 bits per heavy atom. The van der Waals surface area contributed by atoms with Crippen LogP contribution in [-0.2, 0) is 20.7 Å². The molecule has 1 amide bonds. The number of hydrogen-bond acceptors (Lipinski definition) is 5. The third kappa shape index (κ3) is 6.97. The molecule has 1 aliphatic heterocycles. The maximum Gasteiger partial charge on any atom is 0.347 e. The number of para-hydroxylation sites is 1. The van der Waals surface area contributed by atoms with Gasteiger partial charge in [-0.3, -0.25) is 4.79 Å². The second-order valence-corrected chi connectivity index (χ2v) is 9.65. The monoisotopic (exact) mass is 468 g/mol. The average Bonchev–Trinajstić information content (AvgIpc) is 2.80. The summed E-state index contributed by atoms with van der Waals surface area (Å²) in [6, 6.07) is 15.2. The van der Waals surface area contributed by atoms with E-state index in [0.717, 1.165) is 36.3 Å². The predicted molar refractivity (Wildman–Crippen MR) is 132 cm³/mol. The SMILES string of the molecule is CC(C)CC(NC(=O)Cc1ccc(OC(C)(C)C(=O)O)cc1)c1ccccc1N1CCOCC1. The van der Waals surface area contributed by atoms with Crippen LogP contribution in [0.5, 0.6) is 5.75 Å². The zero-order valence-corrected chi connectivity index (χ0v) is 20.5. The molecule has 2 N–H and O–H groups in total. The third-order valence-corrected chi connectivity index (χ3v) is 5.88. The number of nitrogens with zero attached hydrogens (tertiary/aromatic N) is 1. The van der Waals surface area contributed by atoms with Crippen molar-refractivity contribution >= 4 is 17.6 Å². The Bertz CT molecular complexity index is 965. The van der Waals surface area contributed by atoms with Crippen molar-refractivity contribution in [1.82, 2.24) is 5.32 Å². The van der Waals surface area contributed by atoms with E-state index in [9.17, 15) is 14.7 Å². The van der Waals surface area contributed by atoms with Gasteiger partial charge >= 0.3 is 5.97 Å². The molecule has 34 heavy (non-hydrogen) atoms. The first-order valence-electron chi connectivity index (χ1n) is 11.9. The summed E-state index contributed by atoms with van der Waals surface area (Å²) >= 11 is 0. The molecule has 7 nitrogen and oxygen atoms in total. The van der Waals surface area contributed by atoms with Crippen LogP contribution >= 0.6 is 0 Å². The molecule has 2 aromatic carbocycles. The number of anilines is 1. The van der Waals surface area contributed by atoms with Crippen molar-refractivity contribution in [3.05, 3.63) is 59.7 Å². The number of morpholine rings is 1. The lowest BCUT2D eigenvalue weighted by Gasteiger charge is -2.33. The first kappa shape index (κ1) is 25.6. The van der Waals surface area contributed by atoms with Gasteiger partial charge in [0.15, 0.2) is 5.60 Å². The maximum absolute atomic E-state index is 13.0. The van der Waals surface area contributed by atoms with Gasteiger partial charge in [0, 0.05) is 18.8 Å². The van der Waals surface area contributed by atoms with Crippen LogP contribution in [0, 0.1) is 5.92 Å². The fraction of sp³-hybridized carbons (Fsp3) is 0.481. The Morgan fingerprint density at radius 2 is 1.74 bits per heavy atom. The van der Waals surface area contributed by atoms with Crippen molar-refractivity contribution in [3.63, 3.8) is 0 Å². The van der Waals surface area contributed by atoms with Crippen LogP contribution < -0.4 is 15.0 Å². The van der Waals surface area contributed by atoms with Gasteiger partial charge in [0.05, 0.1) is 25.7 Å². The first-order valence-corrected chi connectivity index (χ1v) is 11.9. The van der Waals surface area contributed by atoms with E-state index in [2.05, 4.69) is 36.2 Å². The lowest BCUT2D eigenvalue weighted by molar-refractivity contribution is -0.152. The molecule has 1 unspecified atom stereocenters. The Hall–Kier alpha value is -3.06. The van der Waals surface area contributed by atoms with Crippen LogP contribution in [0.1, 0.15) is 51.3 Å². The molecule has 0 bridgehead atoms. The van der Waals surface area contributed by atoms with Crippen molar-refractivity contribution in [2.45, 2.75) is 52.2 Å². The van der Waals surface area contributed by atoms with Crippen LogP contribution in [0.15, 0.2) is 48.5 Å². The second kappa shape index (κ2) is 11.4. The van der Waals surface area contributed by atoms with Crippen molar-refractivity contribution in [2.24, 2.45) is 5.92 Å². The molecule has 0 saturated carbocycles. The minimum Gasteiger partial charge on any atom is -0.478 e. The number of carboxylic acids is 1. The van der Waals surface area contributed by atoms with Crippen LogP contribution in [-0.4, -0.2) is 48.9 Å². The van der Waals surface area contributed by atoms with Gasteiger partial charge in [0.1, 0.15) is 5.75 Å². The van der Waals surface area contributed by atoms with Gasteiger partial charge in [0.25, 0.3) is 0 Å². The molecule has 1 atom stereocenters. The zero-order valence-electron chi connectivity index (χ0n) is 20.5. The van der Waals surface area contributed by atoms with Gasteiger partial charge in [0.2, 0.25) is 5.91 Å². The van der Waals surface area contributed by atoms with Crippen LogP contribution in [0.3, 0.4) is 0 Å². The van der Waals surface area contributed by atoms with Gasteiger partial charge in [-0.25, -0.2) is 4.79 Å². The summed E-state index contributed by atoms with van der Waals surface area (Å²) in [6.45, 7) is 10.4. The highest BCUT2D eigenvalue weighted by molar-refractivity contribution is 5.79. The van der Waals surface area contributed by atoms with E-state index in [1.807, 2.05) is 12.1 Å². The zero-order chi connectivity index (χ0) is 24.7. The molecular weight excluding hydrogens is 432 g/mol. The van der Waals surface area contributed by atoms with Gasteiger partial charge in [-0.1, -0.05) is 44.2 Å². The largest absolute Gasteiger partial charge is 0.478 e. The number of ether oxygens (including phenoxy) is 2. The van der Waals surface area contributed by atoms with E-state index in [1.54, 1.807) is 24.3 Å². The topological polar surface area (TPSA) is 88.1 Å². The fourth-order valence-electron chi connectivity index (χ4n) is 4.05. The molecule has 2 aromatic rings. The summed E-state index contributed by atoms with van der Waals surface area (Å²) in [6.07, 6.45) is 1.07. The van der Waals surface area contributed by atoms with Crippen molar-refractivity contribution in [2.75, 3.05) is 31.2 Å². The molecule has 3 rings (SSSR count). The van der Waals surface area contributed by atoms with Crippen molar-refractivity contribution in [1.29, 1.82) is 0 Å². The van der Waals surface area contributed by atoms with E-state index in [-0.39, 0.29) is 18.4 Å². The molecular formula is C27H36N2O5. The van der Waals surface area contributed by atoms with Gasteiger partial charge < -0.3 is 24.8 Å². The van der Waals surface area contributed by atoms with Crippen LogP contribution in [0.2, 0.25) is 0 Å². The molecule has 1 heterocycles. The highest BCUT2D eigenvalue weighted by Crippen LogP contribution is 2.31. The Balaban J connectivity index is 1.70. The number of benzene rings is 2. The number of carboxylic acid groups (broad SMARTS) is 1. The summed E-state index contributed by atoms with van der Waals surface area (Å²) < 4.78 is 11.1. The molecule has 1 fully saturated rings. The number of aliphatic carboxylic acids is 1. The Labute approximate surface area is 202 Å². The summed E-state index contributed by atoms with van der Waals surface area (Å²) in [5, 5.41) is 12.5. The van der Waals surface area contributed by atoms with Gasteiger partial charge in [-0.2, -0.15) is 0 Å². The van der Waals surface area contributed by atoms with E-state index in [1.165, 1.54) is 13.8 Å². The van der Waals surface area contributed by atoms with E-state index < -0.39 is 11.6 Å². The normalized spacial score (nSPS) is 15.1. The van der Waals surface area contributed by atoms with E-state index in [0.29, 0.717) is 24.9 Å². The predicted octanol–water partition coefficient (Wildman–Crippen LogP) is 4.21. The molecule has 1 saturated heterocycles. The molecule has 0 radical (unpaired) electrons. The lowest BCUT2D eigenvalue weighted by atomic mass is 9.94. The number of carbonyl (C=O) groups excluding carboxylic acids is 1. The summed E-state index contributed by atoms with van der Waals surface area (Å²) in [7, 11) is 0. The molecule has 0 aromatic heterocycles. The van der Waals surface area contributed by atoms with Crippen LogP contribution in [0.4, 0.5) is 5.69 Å². The minimum absolute atomic E-state index is 0.0537. The van der Waals surface area contributed by atoms with Crippen molar-refractivity contribution in [3.8, 4) is 5.75 Å². The molecule has 0 aliphatic carbocycles. The number of carbonyl (C=O) groups is 2. The smallest absolute Gasteiger partial charge is 0.347 e. The Kier molecular flexibility index (Phi) is 8.56. The highest BCUT2D eigenvalue weighted by atomic mass is 16.5. The first-order chi connectivity index (χ1) is 16.2. The number of amides is 1. The minimum atomic E-state index is -1.32. The van der Waals surface area contributed by atoms with Gasteiger partial charge in [-0.05, 0) is 55.5 Å². The number of nitrogens with one attached hydrogen (secondary N) is 1. The van der Waals surface area contributed by atoms with E-state index in [4.69, 9.17) is 9.47 Å². The molecule has 7 heteroatoms. The number of hydrogen-bond donors (Lipinski definition) is 2. The highest BCUT2D eigenvalue weighted by Gasteiger charge is 2.29. The molecule has 184 valence electrons. The quantitative estimate of drug-likeness (QED) is 0.543. The Morgan fingerprint density at radius 1 is 1.09 bits per heavy atom. The van der Waals surface area contributed by atoms with Crippen molar-refractivity contribution < 1.29 is 24.2 Å². The average molecular weight is 469 g/mol. The molecule has 1 aliphatic rings. The van der Waals surface area contributed by atoms with E-state index >= 15 is 0 Å². The standard InChI is InChI=1S/C27H36N2O5/c1-19(2)17-23(22-7-5-6-8-24(22)29-13-15-33-16-14-29)28-25(30)18-20-9-11-21(12-10-20)34-27(3,4)26(31)32/h5-12,19,23H,13-18H2,1-4H3,(H,28,30)(H,31,32). The van der Waals surface area contributed by atoms with Gasteiger partial charge in [-0.15, -0.1) is 0 Å². The summed E-state index contributed by atoms with van der Waals surface area (Å²) in [4.78, 5) is 26.6. The maximum atomic E-state index is 13.0. The van der Waals surface area contributed by atoms with Crippen LogP contribution in [0.25, 0.3) is 0 Å². The lowest BCUT2D eigenvalue weighted by Crippen LogP contribution is -2.38. The third-order valence-electron chi connectivity index (χ3n) is 5.88. The summed E-state index contributed by atoms with van der Waals surface area (Å²) in [5.74, 6) is -0.225.